The van der Waals surface area contributed by atoms with E-state index in [0.29, 0.717) is 22.9 Å². The molecule has 7 heteroatoms. The standard InChI is InChI=1S/C13H22N4O2S/c1-4-15-12(18)11-9(14)10(19-3)13(20-11)17-7-5-16(2)6-8-17/h4-8,14H2,1-3H3,(H,15,18). The molecule has 1 fully saturated rings. The van der Waals surface area contributed by atoms with Gasteiger partial charge in [-0.2, -0.15) is 0 Å². The maximum Gasteiger partial charge on any atom is 0.263 e. The van der Waals surface area contributed by atoms with Crippen molar-refractivity contribution < 1.29 is 9.53 Å². The fourth-order valence-corrected chi connectivity index (χ4v) is 3.40. The fourth-order valence-electron chi connectivity index (χ4n) is 2.24. The number of anilines is 2. The van der Waals surface area contributed by atoms with Crippen molar-refractivity contribution in [3.05, 3.63) is 4.88 Å². The van der Waals surface area contributed by atoms with Gasteiger partial charge in [-0.3, -0.25) is 4.79 Å². The lowest BCUT2D eigenvalue weighted by molar-refractivity contribution is 0.0960. The lowest BCUT2D eigenvalue weighted by atomic mass is 10.3. The molecule has 1 aromatic rings. The van der Waals surface area contributed by atoms with E-state index < -0.39 is 0 Å². The van der Waals surface area contributed by atoms with Gasteiger partial charge >= 0.3 is 0 Å². The van der Waals surface area contributed by atoms with E-state index in [4.69, 9.17) is 10.5 Å². The number of piperazine rings is 1. The molecule has 1 saturated heterocycles. The minimum atomic E-state index is -0.131. The number of hydrogen-bond donors (Lipinski definition) is 2. The van der Waals surface area contributed by atoms with Crippen LogP contribution in [0.25, 0.3) is 0 Å². The van der Waals surface area contributed by atoms with Gasteiger partial charge in [-0.15, -0.1) is 11.3 Å². The molecule has 2 heterocycles. The van der Waals surface area contributed by atoms with Crippen LogP contribution < -0.4 is 20.7 Å². The average Bonchev–Trinajstić information content (AvgIpc) is 2.77. The maximum absolute atomic E-state index is 12.0. The van der Waals surface area contributed by atoms with E-state index in [-0.39, 0.29) is 5.91 Å². The first-order chi connectivity index (χ1) is 9.58. The van der Waals surface area contributed by atoms with Crippen molar-refractivity contribution in [2.45, 2.75) is 6.92 Å². The molecule has 0 aliphatic carbocycles. The zero-order valence-corrected chi connectivity index (χ0v) is 13.0. The summed E-state index contributed by atoms with van der Waals surface area (Å²) in [5, 5.41) is 3.74. The topological polar surface area (TPSA) is 70.8 Å². The molecule has 3 N–H and O–H groups in total. The Hall–Kier alpha value is -1.47. The summed E-state index contributed by atoms with van der Waals surface area (Å²) in [4.78, 5) is 17.1. The van der Waals surface area contributed by atoms with Crippen LogP contribution in [0.3, 0.4) is 0 Å². The maximum atomic E-state index is 12.0. The molecule has 20 heavy (non-hydrogen) atoms. The van der Waals surface area contributed by atoms with Crippen LogP contribution in [0.15, 0.2) is 0 Å². The highest BCUT2D eigenvalue weighted by molar-refractivity contribution is 7.19. The van der Waals surface area contributed by atoms with Crippen LogP contribution in [0.1, 0.15) is 16.6 Å². The number of thiophene rings is 1. The third-order valence-corrected chi connectivity index (χ3v) is 4.67. The summed E-state index contributed by atoms with van der Waals surface area (Å²) in [6.45, 7) is 6.31. The van der Waals surface area contributed by atoms with Gasteiger partial charge in [0.25, 0.3) is 5.91 Å². The van der Waals surface area contributed by atoms with Crippen LogP contribution in [-0.2, 0) is 0 Å². The Morgan fingerprint density at radius 3 is 2.60 bits per heavy atom. The second-order valence-electron chi connectivity index (χ2n) is 4.83. The second-order valence-corrected chi connectivity index (χ2v) is 5.83. The predicted octanol–water partition coefficient (Wildman–Crippen LogP) is 0.840. The first-order valence-electron chi connectivity index (χ1n) is 6.76. The fraction of sp³-hybridized carbons (Fsp3) is 0.615. The van der Waals surface area contributed by atoms with Gasteiger partial charge in [0.2, 0.25) is 0 Å². The van der Waals surface area contributed by atoms with Crippen molar-refractivity contribution in [3.63, 3.8) is 0 Å². The molecule has 0 unspecified atom stereocenters. The van der Waals surface area contributed by atoms with Gasteiger partial charge in [-0.25, -0.2) is 0 Å². The molecule has 0 spiro atoms. The number of amides is 1. The summed E-state index contributed by atoms with van der Waals surface area (Å²) in [7, 11) is 3.71. The first-order valence-corrected chi connectivity index (χ1v) is 7.58. The molecule has 6 nitrogen and oxygen atoms in total. The molecule has 1 aliphatic rings. The molecule has 0 bridgehead atoms. The Balaban J connectivity index is 2.28. The van der Waals surface area contributed by atoms with Gasteiger partial charge in [0.15, 0.2) is 5.75 Å². The lowest BCUT2D eigenvalue weighted by Crippen LogP contribution is -2.44. The molecule has 0 saturated carbocycles. The lowest BCUT2D eigenvalue weighted by Gasteiger charge is -2.33. The molecule has 0 atom stereocenters. The minimum absolute atomic E-state index is 0.131. The van der Waals surface area contributed by atoms with E-state index >= 15 is 0 Å². The Morgan fingerprint density at radius 1 is 1.40 bits per heavy atom. The summed E-state index contributed by atoms with van der Waals surface area (Å²) in [5.74, 6) is 0.495. The molecule has 1 aliphatic heterocycles. The number of ether oxygens (including phenoxy) is 1. The number of nitrogens with zero attached hydrogens (tertiary/aromatic N) is 2. The molecule has 0 radical (unpaired) electrons. The summed E-state index contributed by atoms with van der Waals surface area (Å²) in [5.41, 5.74) is 6.51. The van der Waals surface area contributed by atoms with Gasteiger partial charge in [-0.05, 0) is 14.0 Å². The van der Waals surface area contributed by atoms with Crippen LogP contribution in [0, 0.1) is 0 Å². The normalized spacial score (nSPS) is 16.2. The Bertz CT molecular complexity index is 481. The monoisotopic (exact) mass is 298 g/mol. The SMILES string of the molecule is CCNC(=O)c1sc(N2CCN(C)CC2)c(OC)c1N. The molecular weight excluding hydrogens is 276 g/mol. The van der Waals surface area contributed by atoms with E-state index in [1.165, 1.54) is 11.3 Å². The van der Waals surface area contributed by atoms with Gasteiger partial charge < -0.3 is 25.6 Å². The number of nitrogens with two attached hydrogens (primary N) is 1. The van der Waals surface area contributed by atoms with Crippen LogP contribution >= 0.6 is 11.3 Å². The van der Waals surface area contributed by atoms with E-state index in [1.807, 2.05) is 6.92 Å². The Kier molecular flexibility index (Phi) is 4.72. The number of nitrogens with one attached hydrogen (secondary N) is 1. The molecule has 112 valence electrons. The Morgan fingerprint density at radius 2 is 2.05 bits per heavy atom. The van der Waals surface area contributed by atoms with Crippen molar-refractivity contribution in [3.8, 4) is 5.75 Å². The summed E-state index contributed by atoms with van der Waals surface area (Å²) in [6.07, 6.45) is 0. The minimum Gasteiger partial charge on any atom is -0.492 e. The van der Waals surface area contributed by atoms with E-state index in [0.717, 1.165) is 31.2 Å². The third-order valence-electron chi connectivity index (χ3n) is 3.42. The van der Waals surface area contributed by atoms with Gasteiger partial charge in [0, 0.05) is 32.7 Å². The number of rotatable bonds is 4. The summed E-state index contributed by atoms with van der Waals surface area (Å²) >= 11 is 1.41. The number of carbonyl (C=O) groups is 1. The predicted molar refractivity (Wildman–Crippen MR) is 83.0 cm³/mol. The highest BCUT2D eigenvalue weighted by atomic mass is 32.1. The van der Waals surface area contributed by atoms with Crippen molar-refractivity contribution in [2.24, 2.45) is 0 Å². The zero-order valence-electron chi connectivity index (χ0n) is 12.2. The van der Waals surface area contributed by atoms with Crippen molar-refractivity contribution in [2.75, 3.05) is 57.5 Å². The quantitative estimate of drug-likeness (QED) is 0.862. The van der Waals surface area contributed by atoms with E-state index in [9.17, 15) is 4.79 Å². The van der Waals surface area contributed by atoms with Crippen LogP contribution in [0.5, 0.6) is 5.75 Å². The van der Waals surface area contributed by atoms with Crippen molar-refractivity contribution in [1.29, 1.82) is 0 Å². The number of likely N-dealkylation sites (N-methyl/N-ethyl adjacent to an activating group) is 1. The van der Waals surface area contributed by atoms with Crippen molar-refractivity contribution >= 4 is 27.9 Å². The first kappa shape index (κ1) is 14.9. The summed E-state index contributed by atoms with van der Waals surface area (Å²) < 4.78 is 5.42. The highest BCUT2D eigenvalue weighted by Crippen LogP contribution is 2.44. The second kappa shape index (κ2) is 6.32. The van der Waals surface area contributed by atoms with Crippen LogP contribution in [0.2, 0.25) is 0 Å². The molecule has 1 aromatic heterocycles. The largest absolute Gasteiger partial charge is 0.492 e. The summed E-state index contributed by atoms with van der Waals surface area (Å²) in [6, 6.07) is 0. The number of nitrogen functional groups attached to an aromatic ring is 1. The Labute approximate surface area is 123 Å². The highest BCUT2D eigenvalue weighted by Gasteiger charge is 2.26. The van der Waals surface area contributed by atoms with Gasteiger partial charge in [-0.1, -0.05) is 0 Å². The zero-order chi connectivity index (χ0) is 14.7. The molecule has 0 aromatic carbocycles. The van der Waals surface area contributed by atoms with E-state index in [1.54, 1.807) is 7.11 Å². The average molecular weight is 298 g/mol. The van der Waals surface area contributed by atoms with Crippen LogP contribution in [-0.4, -0.2) is 57.7 Å². The molecular formula is C13H22N4O2S. The van der Waals surface area contributed by atoms with E-state index in [2.05, 4.69) is 22.2 Å². The molecule has 2 rings (SSSR count). The molecule has 1 amide bonds. The smallest absolute Gasteiger partial charge is 0.263 e. The van der Waals surface area contributed by atoms with Crippen molar-refractivity contribution in [1.82, 2.24) is 10.2 Å². The van der Waals surface area contributed by atoms with Gasteiger partial charge in [0.05, 0.1) is 7.11 Å². The number of carbonyl (C=O) groups excluding carboxylic acids is 1. The number of hydrogen-bond acceptors (Lipinski definition) is 6. The third kappa shape index (κ3) is 2.83. The van der Waals surface area contributed by atoms with Gasteiger partial charge in [0.1, 0.15) is 15.6 Å². The number of methoxy groups -OCH3 is 1. The van der Waals surface area contributed by atoms with Crippen LogP contribution in [0.4, 0.5) is 10.7 Å².